The molecule has 0 N–H and O–H groups in total. The van der Waals surface area contributed by atoms with Gasteiger partial charge >= 0.3 is 0 Å². The lowest BCUT2D eigenvalue weighted by molar-refractivity contribution is 0.0472. The van der Waals surface area contributed by atoms with Crippen LogP contribution in [0.25, 0.3) is 0 Å². The first-order valence-electron chi connectivity index (χ1n) is 38.2. The topological polar surface area (TPSA) is 18.5 Å². The number of ether oxygens (including phenoxy) is 2. The van der Waals surface area contributed by atoms with E-state index in [4.69, 9.17) is 9.47 Å². The Balaban J connectivity index is 0.000000203. The molecule has 0 spiro atoms. The Kier molecular flexibility index (Phi) is 30.3. The summed E-state index contributed by atoms with van der Waals surface area (Å²) in [5.41, 5.74) is 39.3. The fourth-order valence-corrected chi connectivity index (χ4v) is 14.1. The molecule has 4 unspecified atom stereocenters. The first kappa shape index (κ1) is 82.8. The smallest absolute Gasteiger partial charge is 0.141 e. The van der Waals surface area contributed by atoms with E-state index in [1.165, 1.54) is 168 Å². The molecule has 2 aliphatic rings. The van der Waals surface area contributed by atoms with Crippen molar-refractivity contribution in [2.75, 3.05) is 0 Å². The van der Waals surface area contributed by atoms with Crippen molar-refractivity contribution in [3.63, 3.8) is 0 Å². The first-order chi connectivity index (χ1) is 48.1. The van der Waals surface area contributed by atoms with Gasteiger partial charge in [0.2, 0.25) is 0 Å². The van der Waals surface area contributed by atoms with Gasteiger partial charge in [-0.25, -0.2) is 0 Å². The average Bonchev–Trinajstić information content (AvgIpc) is 1.56. The van der Waals surface area contributed by atoms with Crippen LogP contribution in [0.1, 0.15) is 267 Å². The van der Waals surface area contributed by atoms with Gasteiger partial charge in [-0.3, -0.25) is 0 Å². The van der Waals surface area contributed by atoms with E-state index in [-0.39, 0.29) is 17.1 Å². The minimum Gasteiger partial charge on any atom is -0.485 e. The van der Waals surface area contributed by atoms with Gasteiger partial charge in [0, 0.05) is 16.9 Å². The van der Waals surface area contributed by atoms with Gasteiger partial charge in [-0.05, 0) is 324 Å². The van der Waals surface area contributed by atoms with Crippen LogP contribution in [-0.4, -0.2) is 0 Å². The van der Waals surface area contributed by atoms with Crippen LogP contribution in [0.4, 0.5) is 0 Å². The molecule has 10 aromatic carbocycles. The van der Waals surface area contributed by atoms with E-state index in [2.05, 4.69) is 363 Å². The number of aryl methyl sites for hydroxylation is 19. The van der Waals surface area contributed by atoms with E-state index >= 15 is 0 Å². The maximum Gasteiger partial charge on any atom is 0.141 e. The Morgan fingerprint density at radius 2 is 0.804 bits per heavy atom. The van der Waals surface area contributed by atoms with Gasteiger partial charge < -0.3 is 9.47 Å². The Morgan fingerprint density at radius 3 is 1.26 bits per heavy atom. The van der Waals surface area contributed by atoms with E-state index in [1.807, 2.05) is 13.8 Å². The molecule has 0 amide bonds. The highest BCUT2D eigenvalue weighted by molar-refractivity contribution is 5.55. The van der Waals surface area contributed by atoms with E-state index in [9.17, 15) is 0 Å². The number of hydrogen-bond donors (Lipinski definition) is 0. The summed E-state index contributed by atoms with van der Waals surface area (Å²) < 4.78 is 12.8. The van der Waals surface area contributed by atoms with Crippen LogP contribution in [0.5, 0.6) is 11.5 Å². The predicted octanol–water partition coefficient (Wildman–Crippen LogP) is 28.4. The molecule has 102 heavy (non-hydrogen) atoms. The summed E-state index contributed by atoms with van der Waals surface area (Å²) in [6, 6.07) is 64.8. The maximum absolute atomic E-state index is 6.55. The summed E-state index contributed by atoms with van der Waals surface area (Å²) in [4.78, 5) is 0. The quantitative estimate of drug-likeness (QED) is 0.136. The van der Waals surface area contributed by atoms with E-state index in [0.29, 0.717) is 17.8 Å². The first-order valence-corrected chi connectivity index (χ1v) is 38.2. The maximum atomic E-state index is 6.55. The summed E-state index contributed by atoms with van der Waals surface area (Å²) in [6.07, 6.45) is 5.86. The SMILES string of the molecule is CC.CCC(C)c1ccc(C)cc1.CCc1cccc(C)c1.Cc1cc(C(C)CC(c2cc(C)c(C)c(C)c2)c2cc(C)c(C)c(C)c2)cc(C)c1C.Cc1ccc(C)cc1.Cc1ccc(C2(C)Oc3cc(C)c(C)cc3C2(C)C)c(C)c1.Cc1ccc(C2CCc3ccc(C)cc3O2)c(C)c1. The van der Waals surface area contributed by atoms with Crippen LogP contribution in [0.3, 0.4) is 0 Å². The molecular formula is C100H130O2. The molecule has 542 valence electrons. The van der Waals surface area contributed by atoms with Crippen molar-refractivity contribution in [3.8, 4) is 11.5 Å². The van der Waals surface area contributed by atoms with E-state index < -0.39 is 0 Å². The number of benzene rings is 10. The van der Waals surface area contributed by atoms with Crippen molar-refractivity contribution in [1.82, 2.24) is 0 Å². The summed E-state index contributed by atoms with van der Waals surface area (Å²) in [5.74, 6) is 3.70. The molecule has 2 nitrogen and oxygen atoms in total. The molecule has 12 rings (SSSR count). The van der Waals surface area contributed by atoms with Crippen LogP contribution < -0.4 is 9.47 Å². The molecule has 10 aromatic rings. The fraction of sp³-hybridized carbons (Fsp3) is 0.400. The van der Waals surface area contributed by atoms with Crippen LogP contribution >= 0.6 is 0 Å². The molecule has 0 saturated heterocycles. The zero-order valence-corrected chi connectivity index (χ0v) is 68.9. The molecule has 0 fully saturated rings. The van der Waals surface area contributed by atoms with Crippen LogP contribution in [-0.2, 0) is 23.9 Å². The van der Waals surface area contributed by atoms with Crippen molar-refractivity contribution in [2.24, 2.45) is 0 Å². The lowest BCUT2D eigenvalue weighted by atomic mass is 9.68. The second-order valence-electron chi connectivity index (χ2n) is 30.9. The third-order valence-corrected chi connectivity index (χ3v) is 22.4. The standard InChI is InChI=1S/C31H40.C21H26O.C18H20O.C11H16.C9H12.C8H10.C2H6/c1-18-11-28(12-19(2)25(18)8)24(7)17-31(29-13-20(3)26(9)21(4)14-29)30-15-22(5)27(10)23(6)16-30;1-13-8-9-17(16(4)10-13)21(7)20(5,6)18-11-14(2)15(3)12-19(18)22-21;1-12-5-8-16(14(3)10-12)17-9-7-15-6-4-13(2)11-18(15)19-17;1-4-10(3)11-7-5-9(2)6-8-11;1-3-9-6-4-5-8(2)7-9;1-7-3-5-8(2)6-4-7;1-2/h11-16,24,31H,17H2,1-10H3;8-12H,1-7H3;4-6,8,10-11,17H,7,9H2,1-3H3;5-8,10H,4H2,1-3H3;4-7H,3H2,1-2H3;3-6H,1-2H3;1-2H3. The highest BCUT2D eigenvalue weighted by Crippen LogP contribution is 2.55. The Morgan fingerprint density at radius 1 is 0.373 bits per heavy atom. The minimum atomic E-state index is -0.340. The van der Waals surface area contributed by atoms with Gasteiger partial charge in [-0.2, -0.15) is 0 Å². The molecule has 2 heterocycles. The normalized spacial score (nSPS) is 14.9. The van der Waals surface area contributed by atoms with Crippen molar-refractivity contribution in [1.29, 1.82) is 0 Å². The van der Waals surface area contributed by atoms with Crippen LogP contribution in [0.2, 0.25) is 0 Å². The summed E-state index contributed by atoms with van der Waals surface area (Å²) in [6.45, 7) is 63.7. The second kappa shape index (κ2) is 37.3. The lowest BCUT2D eigenvalue weighted by Crippen LogP contribution is -2.43. The third kappa shape index (κ3) is 21.5. The monoisotopic (exact) mass is 1360 g/mol. The third-order valence-electron chi connectivity index (χ3n) is 22.4. The van der Waals surface area contributed by atoms with Gasteiger partial charge in [0.05, 0.1) is 0 Å². The van der Waals surface area contributed by atoms with Crippen LogP contribution in [0, 0.1) is 138 Å². The molecular weight excluding hydrogens is 1230 g/mol. The summed E-state index contributed by atoms with van der Waals surface area (Å²) >= 11 is 0. The van der Waals surface area contributed by atoms with Gasteiger partial charge in [-0.1, -0.05) is 253 Å². The second-order valence-corrected chi connectivity index (χ2v) is 30.9. The van der Waals surface area contributed by atoms with Gasteiger partial charge in [-0.15, -0.1) is 0 Å². The highest BCUT2D eigenvalue weighted by Gasteiger charge is 2.53. The number of fused-ring (bicyclic) bond motifs is 2. The average molecular weight is 1360 g/mol. The molecule has 2 heteroatoms. The predicted molar refractivity (Wildman–Crippen MR) is 446 cm³/mol. The molecule has 2 aliphatic heterocycles. The van der Waals surface area contributed by atoms with E-state index in [0.717, 1.165) is 37.2 Å². The van der Waals surface area contributed by atoms with Crippen molar-refractivity contribution >= 4 is 0 Å². The van der Waals surface area contributed by atoms with E-state index in [1.54, 1.807) is 0 Å². The van der Waals surface area contributed by atoms with Gasteiger partial charge in [0.1, 0.15) is 23.2 Å². The van der Waals surface area contributed by atoms with Crippen molar-refractivity contribution < 1.29 is 9.47 Å². The van der Waals surface area contributed by atoms with Crippen LogP contribution in [0.15, 0.2) is 176 Å². The molecule has 0 saturated carbocycles. The lowest BCUT2D eigenvalue weighted by Gasteiger charge is -2.38. The molecule has 0 radical (unpaired) electrons. The molecule has 0 bridgehead atoms. The molecule has 0 aromatic heterocycles. The highest BCUT2D eigenvalue weighted by atomic mass is 16.5. The minimum absolute atomic E-state index is 0.0686. The molecule has 0 aliphatic carbocycles. The van der Waals surface area contributed by atoms with Gasteiger partial charge in [0.15, 0.2) is 0 Å². The van der Waals surface area contributed by atoms with Crippen molar-refractivity contribution in [3.05, 3.63) is 337 Å². The zero-order chi connectivity index (χ0) is 75.7. The Bertz CT molecular complexity index is 4230. The summed E-state index contributed by atoms with van der Waals surface area (Å²) in [7, 11) is 0. The summed E-state index contributed by atoms with van der Waals surface area (Å²) in [5, 5.41) is 0. The largest absolute Gasteiger partial charge is 0.485 e. The molecule has 4 atom stereocenters. The Hall–Kier alpha value is -8.20. The van der Waals surface area contributed by atoms with Crippen molar-refractivity contribution in [2.45, 2.75) is 268 Å². The number of rotatable bonds is 10. The number of hydrogen-bond acceptors (Lipinski definition) is 2. The van der Waals surface area contributed by atoms with Gasteiger partial charge in [0.25, 0.3) is 0 Å². The zero-order valence-electron chi connectivity index (χ0n) is 68.9. The fourth-order valence-electron chi connectivity index (χ4n) is 14.1. The Labute approximate surface area is 622 Å².